The van der Waals surface area contributed by atoms with E-state index in [-0.39, 0.29) is 11.7 Å². The fraction of sp³-hybridized carbons (Fsp3) is 0.450. The summed E-state index contributed by atoms with van der Waals surface area (Å²) in [5.74, 6) is 2.25. The Morgan fingerprint density at radius 2 is 2.11 bits per heavy atom. The maximum Gasteiger partial charge on any atom is 0.227 e. The van der Waals surface area contributed by atoms with Gasteiger partial charge in [-0.2, -0.15) is 4.98 Å². The first-order chi connectivity index (χ1) is 13.2. The topological polar surface area (TPSA) is 74.5 Å². The molecule has 3 heterocycles. The van der Waals surface area contributed by atoms with Crippen molar-refractivity contribution in [2.24, 2.45) is 0 Å². The zero-order valence-electron chi connectivity index (χ0n) is 15.6. The van der Waals surface area contributed by atoms with Gasteiger partial charge < -0.3 is 19.5 Å². The molecule has 27 heavy (non-hydrogen) atoms. The molecule has 2 aliphatic rings. The van der Waals surface area contributed by atoms with Crippen LogP contribution in [0.25, 0.3) is 0 Å². The number of fused-ring (bicyclic) bond motifs is 1. The minimum atomic E-state index is 0.0301. The summed E-state index contributed by atoms with van der Waals surface area (Å²) in [6, 6.07) is 3.80. The summed E-state index contributed by atoms with van der Waals surface area (Å²) < 4.78 is 5.55. The lowest BCUT2D eigenvalue weighted by atomic mass is 9.84. The van der Waals surface area contributed by atoms with Gasteiger partial charge in [0.25, 0.3) is 0 Å². The molecule has 0 radical (unpaired) electrons. The molecule has 0 saturated carbocycles. The number of likely N-dealkylation sites (N-methyl/N-ethyl adjacent to an activating group) is 1. The third-order valence-electron chi connectivity index (χ3n) is 5.27. The van der Waals surface area contributed by atoms with E-state index in [1.165, 1.54) is 0 Å². The second kappa shape index (κ2) is 7.52. The zero-order valence-corrected chi connectivity index (χ0v) is 15.6. The average Bonchev–Trinajstić information content (AvgIpc) is 3.21. The Hall–Kier alpha value is -2.67. The van der Waals surface area contributed by atoms with Crippen molar-refractivity contribution in [1.29, 1.82) is 0 Å². The number of aromatic nitrogens is 2. The van der Waals surface area contributed by atoms with E-state index in [2.05, 4.69) is 28.7 Å². The molecule has 1 atom stereocenters. The smallest absolute Gasteiger partial charge is 0.227 e. The molecule has 0 bridgehead atoms. The highest BCUT2D eigenvalue weighted by molar-refractivity contribution is 6.03. The first-order valence-corrected chi connectivity index (χ1v) is 9.41. The first-order valence-electron chi connectivity index (χ1n) is 9.41. The average molecular weight is 367 g/mol. The maximum atomic E-state index is 12.9. The van der Waals surface area contributed by atoms with Crippen molar-refractivity contribution < 1.29 is 9.21 Å². The predicted octanol–water partition coefficient (Wildman–Crippen LogP) is 2.33. The lowest BCUT2D eigenvalue weighted by Crippen LogP contribution is -2.45. The third kappa shape index (κ3) is 3.60. The summed E-state index contributed by atoms with van der Waals surface area (Å²) in [4.78, 5) is 26.9. The van der Waals surface area contributed by atoms with Crippen LogP contribution in [0, 0.1) is 0 Å². The second-order valence-corrected chi connectivity index (χ2v) is 7.20. The van der Waals surface area contributed by atoms with Gasteiger partial charge >= 0.3 is 0 Å². The number of carbonyl (C=O) groups is 1. The van der Waals surface area contributed by atoms with Gasteiger partial charge in [-0.25, -0.2) is 4.98 Å². The Morgan fingerprint density at radius 1 is 1.30 bits per heavy atom. The molecule has 0 spiro atoms. The molecule has 7 nitrogen and oxygen atoms in total. The molecule has 0 aromatic carbocycles. The summed E-state index contributed by atoms with van der Waals surface area (Å²) in [5.41, 5.74) is 1.43. The highest BCUT2D eigenvalue weighted by atomic mass is 16.3. The van der Waals surface area contributed by atoms with Crippen molar-refractivity contribution in [2.45, 2.75) is 18.8 Å². The van der Waals surface area contributed by atoms with Crippen LogP contribution in [-0.2, 0) is 6.42 Å². The van der Waals surface area contributed by atoms with Crippen LogP contribution in [0.5, 0.6) is 0 Å². The van der Waals surface area contributed by atoms with E-state index >= 15 is 0 Å². The summed E-state index contributed by atoms with van der Waals surface area (Å²) in [5, 5.41) is 3.24. The zero-order chi connectivity index (χ0) is 18.8. The van der Waals surface area contributed by atoms with E-state index in [4.69, 9.17) is 14.4 Å². The molecule has 1 aliphatic heterocycles. The van der Waals surface area contributed by atoms with E-state index in [1.54, 1.807) is 12.3 Å². The van der Waals surface area contributed by atoms with Crippen molar-refractivity contribution in [3.8, 4) is 0 Å². The van der Waals surface area contributed by atoms with Gasteiger partial charge in [-0.05, 0) is 19.2 Å². The van der Waals surface area contributed by atoms with Gasteiger partial charge in [-0.3, -0.25) is 4.79 Å². The van der Waals surface area contributed by atoms with E-state index in [1.807, 2.05) is 12.1 Å². The van der Waals surface area contributed by atoms with Crippen molar-refractivity contribution in [2.75, 3.05) is 50.0 Å². The quantitative estimate of drug-likeness (QED) is 0.813. The minimum Gasteiger partial charge on any atom is -0.469 e. The fourth-order valence-corrected chi connectivity index (χ4v) is 3.74. The second-order valence-electron chi connectivity index (χ2n) is 7.20. The van der Waals surface area contributed by atoms with Crippen molar-refractivity contribution >= 4 is 17.5 Å². The van der Waals surface area contributed by atoms with Crippen LogP contribution in [0.3, 0.4) is 0 Å². The Labute approximate surface area is 159 Å². The SMILES string of the molecule is C=CCNc1nc(N2CCN(C)CC2)nc2c1C(=O)C[C@@H](c1ccco1)C2. The van der Waals surface area contributed by atoms with Gasteiger partial charge in [0, 0.05) is 51.5 Å². The molecule has 1 aliphatic carbocycles. The van der Waals surface area contributed by atoms with E-state index in [0.717, 1.165) is 37.6 Å². The number of rotatable bonds is 5. The summed E-state index contributed by atoms with van der Waals surface area (Å²) >= 11 is 0. The highest BCUT2D eigenvalue weighted by Gasteiger charge is 2.33. The number of furan rings is 1. The van der Waals surface area contributed by atoms with Crippen LogP contribution < -0.4 is 10.2 Å². The molecule has 142 valence electrons. The molecule has 0 amide bonds. The molecule has 1 N–H and O–H groups in total. The number of carbonyl (C=O) groups excluding carboxylic acids is 1. The van der Waals surface area contributed by atoms with Gasteiger partial charge in [-0.15, -0.1) is 6.58 Å². The van der Waals surface area contributed by atoms with E-state index in [9.17, 15) is 4.79 Å². The molecular weight excluding hydrogens is 342 g/mol. The normalized spacial score (nSPS) is 20.4. The van der Waals surface area contributed by atoms with Crippen LogP contribution in [0.4, 0.5) is 11.8 Å². The standard InChI is InChI=1S/C20H25N5O2/c1-3-6-21-19-18-15(12-14(13-16(18)26)17-5-4-11-27-17)22-20(23-19)25-9-7-24(2)8-10-25/h3-5,11,14H,1,6-10,12-13H2,2H3,(H,21,22,23)/t14-/m0/s1. The molecular formula is C20H25N5O2. The van der Waals surface area contributed by atoms with E-state index in [0.29, 0.717) is 36.7 Å². The molecule has 2 aromatic heterocycles. The van der Waals surface area contributed by atoms with Crippen molar-refractivity contribution in [1.82, 2.24) is 14.9 Å². The van der Waals surface area contributed by atoms with Crippen LogP contribution in [0.2, 0.25) is 0 Å². The molecule has 2 aromatic rings. The fourth-order valence-electron chi connectivity index (χ4n) is 3.74. The predicted molar refractivity (Wildman–Crippen MR) is 105 cm³/mol. The molecule has 4 rings (SSSR count). The van der Waals surface area contributed by atoms with Gasteiger partial charge in [0.1, 0.15) is 11.6 Å². The Balaban J connectivity index is 1.70. The lowest BCUT2D eigenvalue weighted by molar-refractivity contribution is 0.0959. The minimum absolute atomic E-state index is 0.0301. The number of hydrogen-bond acceptors (Lipinski definition) is 7. The number of Topliss-reactive ketones (excluding diaryl/α,β-unsaturated/α-hetero) is 1. The van der Waals surface area contributed by atoms with Crippen LogP contribution in [0.1, 0.15) is 34.2 Å². The Kier molecular flexibility index (Phi) is 4.94. The number of hydrogen-bond donors (Lipinski definition) is 1. The molecule has 0 unspecified atom stereocenters. The summed E-state index contributed by atoms with van der Waals surface area (Å²) in [6.45, 7) is 8.02. The number of piperazine rings is 1. The Morgan fingerprint density at radius 3 is 2.81 bits per heavy atom. The van der Waals surface area contributed by atoms with Crippen molar-refractivity contribution in [3.05, 3.63) is 48.1 Å². The third-order valence-corrected chi connectivity index (χ3v) is 5.27. The van der Waals surface area contributed by atoms with Crippen molar-refractivity contribution in [3.63, 3.8) is 0 Å². The van der Waals surface area contributed by atoms with Gasteiger partial charge in [-0.1, -0.05) is 6.08 Å². The Bertz CT molecular complexity index is 825. The first kappa shape index (κ1) is 17.7. The van der Waals surface area contributed by atoms with Gasteiger partial charge in [0.05, 0.1) is 17.5 Å². The highest BCUT2D eigenvalue weighted by Crippen LogP contribution is 2.35. The molecule has 1 fully saturated rings. The van der Waals surface area contributed by atoms with Crippen LogP contribution in [-0.4, -0.2) is 60.4 Å². The number of nitrogens with one attached hydrogen (secondary N) is 1. The maximum absolute atomic E-state index is 12.9. The summed E-state index contributed by atoms with van der Waals surface area (Å²) in [6.07, 6.45) is 4.52. The van der Waals surface area contributed by atoms with Crippen LogP contribution >= 0.6 is 0 Å². The lowest BCUT2D eigenvalue weighted by Gasteiger charge is -2.33. The molecule has 1 saturated heterocycles. The van der Waals surface area contributed by atoms with Gasteiger partial charge in [0.2, 0.25) is 5.95 Å². The van der Waals surface area contributed by atoms with Gasteiger partial charge in [0.15, 0.2) is 5.78 Å². The summed E-state index contributed by atoms with van der Waals surface area (Å²) in [7, 11) is 2.12. The number of nitrogens with zero attached hydrogens (tertiary/aromatic N) is 4. The monoisotopic (exact) mass is 367 g/mol. The molecule has 7 heteroatoms. The van der Waals surface area contributed by atoms with E-state index < -0.39 is 0 Å². The largest absolute Gasteiger partial charge is 0.469 e. The number of ketones is 1. The van der Waals surface area contributed by atoms with Crippen LogP contribution in [0.15, 0.2) is 35.5 Å². The number of anilines is 2.